The molecule has 0 aromatic heterocycles. The minimum atomic E-state index is 0.683. The fourth-order valence-electron chi connectivity index (χ4n) is 2.37. The molecular weight excluding hydrogens is 184 g/mol. The molecule has 2 N–H and O–H groups in total. The second kappa shape index (κ2) is 8.12. The van der Waals surface area contributed by atoms with E-state index in [0.29, 0.717) is 6.04 Å². The smallest absolute Gasteiger partial charge is 0.00822 e. The zero-order valence-corrected chi connectivity index (χ0v) is 10.5. The van der Waals surface area contributed by atoms with Crippen molar-refractivity contribution in [2.45, 2.75) is 70.9 Å². The van der Waals surface area contributed by atoms with E-state index in [9.17, 15) is 0 Å². The maximum atomic E-state index is 3.63. The Morgan fingerprint density at radius 3 is 2.87 bits per heavy atom. The molecule has 1 heterocycles. The summed E-state index contributed by atoms with van der Waals surface area (Å²) < 4.78 is 0. The van der Waals surface area contributed by atoms with Gasteiger partial charge < -0.3 is 10.6 Å². The van der Waals surface area contributed by atoms with Gasteiger partial charge in [0.25, 0.3) is 0 Å². The maximum Gasteiger partial charge on any atom is 0.00822 e. The van der Waals surface area contributed by atoms with Crippen LogP contribution in [0.3, 0.4) is 0 Å². The van der Waals surface area contributed by atoms with Crippen LogP contribution in [0.2, 0.25) is 0 Å². The summed E-state index contributed by atoms with van der Waals surface area (Å²) in [5.74, 6) is 0. The summed E-state index contributed by atoms with van der Waals surface area (Å²) in [6, 6.07) is 1.46. The van der Waals surface area contributed by atoms with Crippen LogP contribution >= 0.6 is 0 Å². The first kappa shape index (κ1) is 13.0. The minimum absolute atomic E-state index is 0.683. The maximum absolute atomic E-state index is 3.63. The summed E-state index contributed by atoms with van der Waals surface area (Å²) in [7, 11) is 0. The third-order valence-electron chi connectivity index (χ3n) is 3.32. The first-order chi connectivity index (χ1) is 7.33. The van der Waals surface area contributed by atoms with Crippen LogP contribution in [0.1, 0.15) is 58.8 Å². The van der Waals surface area contributed by atoms with Crippen molar-refractivity contribution in [2.24, 2.45) is 0 Å². The molecule has 2 atom stereocenters. The highest BCUT2D eigenvalue weighted by molar-refractivity contribution is 4.78. The van der Waals surface area contributed by atoms with E-state index >= 15 is 0 Å². The highest BCUT2D eigenvalue weighted by Gasteiger charge is 2.16. The predicted molar refractivity (Wildman–Crippen MR) is 67.2 cm³/mol. The lowest BCUT2D eigenvalue weighted by atomic mass is 10.1. The normalized spacial score (nSPS) is 23.2. The molecule has 2 unspecified atom stereocenters. The summed E-state index contributed by atoms with van der Waals surface area (Å²) in [6.07, 6.45) is 9.50. The van der Waals surface area contributed by atoms with Gasteiger partial charge in [-0.1, -0.05) is 26.2 Å². The molecule has 90 valence electrons. The molecule has 1 rings (SSSR count). The highest BCUT2D eigenvalue weighted by atomic mass is 15.0. The zero-order valence-electron chi connectivity index (χ0n) is 10.5. The average molecular weight is 212 g/mol. The van der Waals surface area contributed by atoms with E-state index in [1.807, 2.05) is 0 Å². The van der Waals surface area contributed by atoms with E-state index in [1.165, 1.54) is 58.0 Å². The Kier molecular flexibility index (Phi) is 7.03. The molecule has 0 amide bonds. The number of rotatable bonds is 8. The van der Waals surface area contributed by atoms with Crippen LogP contribution in [-0.4, -0.2) is 25.2 Å². The van der Waals surface area contributed by atoms with Crippen molar-refractivity contribution in [1.29, 1.82) is 0 Å². The Bertz CT molecular complexity index is 141. The number of hydrogen-bond acceptors (Lipinski definition) is 2. The lowest BCUT2D eigenvalue weighted by Crippen LogP contribution is -2.34. The summed E-state index contributed by atoms with van der Waals surface area (Å²) >= 11 is 0. The van der Waals surface area contributed by atoms with Crippen LogP contribution in [0.25, 0.3) is 0 Å². The second-order valence-corrected chi connectivity index (χ2v) is 4.94. The molecule has 2 nitrogen and oxygen atoms in total. The van der Waals surface area contributed by atoms with Crippen molar-refractivity contribution in [1.82, 2.24) is 10.6 Å². The van der Waals surface area contributed by atoms with Crippen molar-refractivity contribution in [3.05, 3.63) is 0 Å². The first-order valence-electron chi connectivity index (χ1n) is 6.79. The summed E-state index contributed by atoms with van der Waals surface area (Å²) in [6.45, 7) is 7.02. The molecule has 0 saturated carbocycles. The van der Waals surface area contributed by atoms with E-state index in [2.05, 4.69) is 24.5 Å². The molecule has 1 saturated heterocycles. The van der Waals surface area contributed by atoms with Gasteiger partial charge in [0.15, 0.2) is 0 Å². The summed E-state index contributed by atoms with van der Waals surface area (Å²) in [4.78, 5) is 0. The average Bonchev–Trinajstić information content (AvgIpc) is 2.70. The van der Waals surface area contributed by atoms with Gasteiger partial charge in [-0.25, -0.2) is 0 Å². The standard InChI is InChI=1S/C13H28N2/c1-3-4-5-6-9-14-12(2)11-13-8-7-10-15-13/h12-15H,3-11H2,1-2H3. The van der Waals surface area contributed by atoms with Gasteiger partial charge in [-0.2, -0.15) is 0 Å². The molecule has 0 spiro atoms. The Morgan fingerprint density at radius 1 is 1.33 bits per heavy atom. The van der Waals surface area contributed by atoms with Gasteiger partial charge in [0, 0.05) is 12.1 Å². The Labute approximate surface area is 95.2 Å². The highest BCUT2D eigenvalue weighted by Crippen LogP contribution is 2.10. The van der Waals surface area contributed by atoms with E-state index in [-0.39, 0.29) is 0 Å². The van der Waals surface area contributed by atoms with Crippen LogP contribution < -0.4 is 10.6 Å². The topological polar surface area (TPSA) is 24.1 Å². The van der Waals surface area contributed by atoms with Gasteiger partial charge in [0.05, 0.1) is 0 Å². The fourth-order valence-corrected chi connectivity index (χ4v) is 2.37. The zero-order chi connectivity index (χ0) is 10.9. The quantitative estimate of drug-likeness (QED) is 0.605. The molecule has 15 heavy (non-hydrogen) atoms. The van der Waals surface area contributed by atoms with Gasteiger partial charge in [0.1, 0.15) is 0 Å². The first-order valence-corrected chi connectivity index (χ1v) is 6.79. The number of nitrogens with one attached hydrogen (secondary N) is 2. The van der Waals surface area contributed by atoms with E-state index in [0.717, 1.165) is 6.04 Å². The molecule has 0 aromatic rings. The molecular formula is C13H28N2. The number of hydrogen-bond donors (Lipinski definition) is 2. The predicted octanol–water partition coefficient (Wildman–Crippen LogP) is 2.69. The molecule has 0 radical (unpaired) electrons. The lowest BCUT2D eigenvalue weighted by Gasteiger charge is -2.18. The Morgan fingerprint density at radius 2 is 2.20 bits per heavy atom. The molecule has 1 aliphatic rings. The van der Waals surface area contributed by atoms with Crippen LogP contribution in [0.5, 0.6) is 0 Å². The lowest BCUT2D eigenvalue weighted by molar-refractivity contribution is 0.434. The molecule has 2 heteroatoms. The van der Waals surface area contributed by atoms with Crippen molar-refractivity contribution in [2.75, 3.05) is 13.1 Å². The minimum Gasteiger partial charge on any atom is -0.314 e. The second-order valence-electron chi connectivity index (χ2n) is 4.94. The van der Waals surface area contributed by atoms with E-state index in [4.69, 9.17) is 0 Å². The third kappa shape index (κ3) is 6.16. The molecule has 0 aliphatic carbocycles. The van der Waals surface area contributed by atoms with Gasteiger partial charge in [0.2, 0.25) is 0 Å². The van der Waals surface area contributed by atoms with Gasteiger partial charge >= 0.3 is 0 Å². The van der Waals surface area contributed by atoms with Crippen LogP contribution in [0.4, 0.5) is 0 Å². The Balaban J connectivity index is 1.91. The van der Waals surface area contributed by atoms with Crippen LogP contribution in [-0.2, 0) is 0 Å². The van der Waals surface area contributed by atoms with Gasteiger partial charge in [-0.05, 0) is 45.7 Å². The summed E-state index contributed by atoms with van der Waals surface area (Å²) in [5.41, 5.74) is 0. The monoisotopic (exact) mass is 212 g/mol. The largest absolute Gasteiger partial charge is 0.314 e. The SMILES string of the molecule is CCCCCCNC(C)CC1CCCN1. The van der Waals surface area contributed by atoms with Crippen molar-refractivity contribution in [3.8, 4) is 0 Å². The van der Waals surface area contributed by atoms with Crippen molar-refractivity contribution < 1.29 is 0 Å². The fraction of sp³-hybridized carbons (Fsp3) is 1.00. The van der Waals surface area contributed by atoms with Gasteiger partial charge in [-0.15, -0.1) is 0 Å². The van der Waals surface area contributed by atoms with Crippen LogP contribution in [0, 0.1) is 0 Å². The third-order valence-corrected chi connectivity index (χ3v) is 3.32. The number of unbranched alkanes of at least 4 members (excludes halogenated alkanes) is 3. The molecule has 0 bridgehead atoms. The van der Waals surface area contributed by atoms with E-state index < -0.39 is 0 Å². The van der Waals surface area contributed by atoms with Crippen molar-refractivity contribution >= 4 is 0 Å². The van der Waals surface area contributed by atoms with Crippen molar-refractivity contribution in [3.63, 3.8) is 0 Å². The Hall–Kier alpha value is -0.0800. The molecule has 0 aromatic carbocycles. The van der Waals surface area contributed by atoms with E-state index in [1.54, 1.807) is 0 Å². The van der Waals surface area contributed by atoms with Gasteiger partial charge in [-0.3, -0.25) is 0 Å². The van der Waals surface area contributed by atoms with Crippen LogP contribution in [0.15, 0.2) is 0 Å². The summed E-state index contributed by atoms with van der Waals surface area (Å²) in [5, 5.41) is 7.19. The molecule has 1 aliphatic heterocycles. The molecule has 1 fully saturated rings.